The Morgan fingerprint density at radius 1 is 1.06 bits per heavy atom. The van der Waals surface area contributed by atoms with Gasteiger partial charge in [-0.3, -0.25) is 0 Å². The first kappa shape index (κ1) is 14.1. The monoisotopic (exact) mass is 241 g/mol. The normalized spacial score (nSPS) is 10.8. The molecular formula is C14H21F2N. The Morgan fingerprint density at radius 3 is 2.53 bits per heavy atom. The van der Waals surface area contributed by atoms with Crippen LogP contribution in [0.25, 0.3) is 0 Å². The van der Waals surface area contributed by atoms with Crippen LogP contribution in [0.3, 0.4) is 0 Å². The predicted octanol–water partition coefficient (Wildman–Crippen LogP) is 3.60. The summed E-state index contributed by atoms with van der Waals surface area (Å²) >= 11 is 0. The van der Waals surface area contributed by atoms with E-state index in [1.54, 1.807) is 6.92 Å². The molecule has 0 radical (unpaired) electrons. The lowest BCUT2D eigenvalue weighted by molar-refractivity contribution is 0.565. The molecule has 1 nitrogen and oxygen atoms in total. The molecule has 17 heavy (non-hydrogen) atoms. The van der Waals surface area contributed by atoms with Crippen LogP contribution >= 0.6 is 0 Å². The average molecular weight is 241 g/mol. The molecule has 0 unspecified atom stereocenters. The molecule has 0 aliphatic carbocycles. The van der Waals surface area contributed by atoms with Gasteiger partial charge in [0.1, 0.15) is 11.6 Å². The Kier molecular flexibility index (Phi) is 6.12. The highest BCUT2D eigenvalue weighted by Crippen LogP contribution is 2.16. The molecule has 1 N–H and O–H groups in total. The summed E-state index contributed by atoms with van der Waals surface area (Å²) in [4.78, 5) is 0. The Labute approximate surface area is 102 Å². The second kappa shape index (κ2) is 7.38. The highest BCUT2D eigenvalue weighted by Gasteiger charge is 2.06. The zero-order chi connectivity index (χ0) is 12.7. The lowest BCUT2D eigenvalue weighted by Crippen LogP contribution is -2.13. The quantitative estimate of drug-likeness (QED) is 0.719. The smallest absolute Gasteiger partial charge is 0.126 e. The number of hydrogen-bond donors (Lipinski definition) is 1. The van der Waals surface area contributed by atoms with Crippen LogP contribution in [0.15, 0.2) is 12.1 Å². The van der Waals surface area contributed by atoms with Gasteiger partial charge in [0.15, 0.2) is 0 Å². The van der Waals surface area contributed by atoms with Gasteiger partial charge in [-0.15, -0.1) is 0 Å². The van der Waals surface area contributed by atoms with Crippen LogP contribution in [0.1, 0.15) is 37.3 Å². The molecule has 0 aromatic heterocycles. The van der Waals surface area contributed by atoms with Crippen molar-refractivity contribution < 1.29 is 8.78 Å². The van der Waals surface area contributed by atoms with E-state index in [-0.39, 0.29) is 11.6 Å². The van der Waals surface area contributed by atoms with Crippen molar-refractivity contribution in [1.82, 2.24) is 5.32 Å². The third kappa shape index (κ3) is 4.82. The fourth-order valence-corrected chi connectivity index (χ4v) is 1.80. The Hall–Kier alpha value is -0.960. The standard InChI is InChI=1S/C14H21F2N/c1-3-17-8-6-4-5-7-12-10-13(15)11(2)9-14(12)16/h9-10,17H,3-8H2,1-2H3. The van der Waals surface area contributed by atoms with Gasteiger partial charge in [-0.25, -0.2) is 8.78 Å². The molecule has 0 amide bonds. The summed E-state index contributed by atoms with van der Waals surface area (Å²) in [7, 11) is 0. The first-order valence-corrected chi connectivity index (χ1v) is 6.30. The van der Waals surface area contributed by atoms with Crippen molar-refractivity contribution in [2.24, 2.45) is 0 Å². The van der Waals surface area contributed by atoms with Gasteiger partial charge in [-0.2, -0.15) is 0 Å². The molecule has 0 fully saturated rings. The van der Waals surface area contributed by atoms with Gasteiger partial charge in [-0.05, 0) is 62.5 Å². The van der Waals surface area contributed by atoms with Gasteiger partial charge < -0.3 is 5.32 Å². The van der Waals surface area contributed by atoms with Crippen molar-refractivity contribution in [3.8, 4) is 0 Å². The molecule has 3 heteroatoms. The number of aryl methyl sites for hydroxylation is 2. The summed E-state index contributed by atoms with van der Waals surface area (Å²) in [5.74, 6) is -0.593. The van der Waals surface area contributed by atoms with Crippen molar-refractivity contribution >= 4 is 0 Å². The molecular weight excluding hydrogens is 220 g/mol. The van der Waals surface area contributed by atoms with Crippen LogP contribution in [0.4, 0.5) is 8.78 Å². The zero-order valence-electron chi connectivity index (χ0n) is 10.7. The highest BCUT2D eigenvalue weighted by molar-refractivity contribution is 5.25. The van der Waals surface area contributed by atoms with E-state index >= 15 is 0 Å². The number of rotatable bonds is 7. The fourth-order valence-electron chi connectivity index (χ4n) is 1.80. The fraction of sp³-hybridized carbons (Fsp3) is 0.571. The molecule has 0 saturated carbocycles. The Balaban J connectivity index is 2.34. The second-order valence-electron chi connectivity index (χ2n) is 4.36. The van der Waals surface area contributed by atoms with Crippen molar-refractivity contribution in [3.63, 3.8) is 0 Å². The summed E-state index contributed by atoms with van der Waals surface area (Å²) in [6.07, 6.45) is 3.66. The molecule has 0 aliphatic rings. The first-order chi connectivity index (χ1) is 8.15. The summed E-state index contributed by atoms with van der Waals surface area (Å²) in [5.41, 5.74) is 0.870. The predicted molar refractivity (Wildman–Crippen MR) is 67.2 cm³/mol. The number of unbranched alkanes of at least 4 members (excludes halogenated alkanes) is 2. The van der Waals surface area contributed by atoms with Crippen molar-refractivity contribution in [1.29, 1.82) is 0 Å². The Bertz CT molecular complexity index is 350. The van der Waals surface area contributed by atoms with Crippen molar-refractivity contribution in [3.05, 3.63) is 34.9 Å². The van der Waals surface area contributed by atoms with Crippen LogP contribution in [0.2, 0.25) is 0 Å². The van der Waals surface area contributed by atoms with E-state index in [0.29, 0.717) is 17.5 Å². The summed E-state index contributed by atoms with van der Waals surface area (Å²) in [6, 6.07) is 2.61. The van der Waals surface area contributed by atoms with E-state index in [0.717, 1.165) is 32.4 Å². The molecule has 96 valence electrons. The molecule has 0 bridgehead atoms. The zero-order valence-corrected chi connectivity index (χ0v) is 10.7. The van der Waals surface area contributed by atoms with Gasteiger partial charge in [0.25, 0.3) is 0 Å². The number of hydrogen-bond acceptors (Lipinski definition) is 1. The van der Waals surface area contributed by atoms with Crippen LogP contribution in [-0.2, 0) is 6.42 Å². The van der Waals surface area contributed by atoms with Crippen LogP contribution < -0.4 is 5.32 Å². The summed E-state index contributed by atoms with van der Waals surface area (Å²) < 4.78 is 26.7. The average Bonchev–Trinajstić information content (AvgIpc) is 2.30. The van der Waals surface area contributed by atoms with Gasteiger partial charge in [0.05, 0.1) is 0 Å². The maximum absolute atomic E-state index is 13.5. The molecule has 1 aromatic carbocycles. The minimum absolute atomic E-state index is 0.282. The SMILES string of the molecule is CCNCCCCCc1cc(F)c(C)cc1F. The number of benzene rings is 1. The molecule has 0 heterocycles. The minimum Gasteiger partial charge on any atom is -0.317 e. The van der Waals surface area contributed by atoms with E-state index in [1.807, 2.05) is 0 Å². The Morgan fingerprint density at radius 2 is 1.82 bits per heavy atom. The van der Waals surface area contributed by atoms with E-state index in [9.17, 15) is 8.78 Å². The van der Waals surface area contributed by atoms with Crippen LogP contribution in [0.5, 0.6) is 0 Å². The van der Waals surface area contributed by atoms with Gasteiger partial charge in [0.2, 0.25) is 0 Å². The maximum Gasteiger partial charge on any atom is 0.126 e. The van der Waals surface area contributed by atoms with Crippen molar-refractivity contribution in [2.75, 3.05) is 13.1 Å². The van der Waals surface area contributed by atoms with E-state index in [2.05, 4.69) is 12.2 Å². The third-order valence-corrected chi connectivity index (χ3v) is 2.88. The first-order valence-electron chi connectivity index (χ1n) is 6.30. The van der Waals surface area contributed by atoms with Gasteiger partial charge in [0, 0.05) is 0 Å². The van der Waals surface area contributed by atoms with E-state index in [1.165, 1.54) is 12.1 Å². The molecule has 1 aromatic rings. The highest BCUT2D eigenvalue weighted by atomic mass is 19.1. The molecule has 0 spiro atoms. The minimum atomic E-state index is -0.311. The van der Waals surface area contributed by atoms with E-state index in [4.69, 9.17) is 0 Å². The van der Waals surface area contributed by atoms with Crippen molar-refractivity contribution in [2.45, 2.75) is 39.5 Å². The van der Waals surface area contributed by atoms with Crippen LogP contribution in [-0.4, -0.2) is 13.1 Å². The lowest BCUT2D eigenvalue weighted by Gasteiger charge is -2.06. The summed E-state index contributed by atoms with van der Waals surface area (Å²) in [5, 5.41) is 3.24. The van der Waals surface area contributed by atoms with Gasteiger partial charge >= 0.3 is 0 Å². The van der Waals surface area contributed by atoms with Crippen LogP contribution in [0, 0.1) is 18.6 Å². The molecule has 1 rings (SSSR count). The molecule has 0 aliphatic heterocycles. The van der Waals surface area contributed by atoms with Gasteiger partial charge in [-0.1, -0.05) is 13.3 Å². The number of halogens is 2. The second-order valence-corrected chi connectivity index (χ2v) is 4.36. The third-order valence-electron chi connectivity index (χ3n) is 2.88. The topological polar surface area (TPSA) is 12.0 Å². The summed E-state index contributed by atoms with van der Waals surface area (Å²) in [6.45, 7) is 5.64. The van der Waals surface area contributed by atoms with E-state index < -0.39 is 0 Å². The maximum atomic E-state index is 13.5. The lowest BCUT2D eigenvalue weighted by atomic mass is 10.0. The largest absolute Gasteiger partial charge is 0.317 e. The molecule has 0 saturated heterocycles. The number of nitrogens with one attached hydrogen (secondary N) is 1. The molecule has 0 atom stereocenters.